The number of aryl methyl sites for hydroxylation is 1. The fourth-order valence-corrected chi connectivity index (χ4v) is 5.05. The van der Waals surface area contributed by atoms with Gasteiger partial charge >= 0.3 is 0 Å². The molecule has 0 bridgehead atoms. The zero-order valence-corrected chi connectivity index (χ0v) is 16.0. The van der Waals surface area contributed by atoms with Crippen molar-refractivity contribution in [3.8, 4) is 0 Å². The fourth-order valence-electron chi connectivity index (χ4n) is 5.05. The van der Waals surface area contributed by atoms with Crippen LogP contribution in [-0.4, -0.2) is 76.9 Å². The molecule has 0 radical (unpaired) electrons. The van der Waals surface area contributed by atoms with Crippen molar-refractivity contribution in [1.82, 2.24) is 19.7 Å². The Labute approximate surface area is 157 Å². The minimum absolute atomic E-state index is 0.320. The summed E-state index contributed by atoms with van der Waals surface area (Å²) < 4.78 is 0. The van der Waals surface area contributed by atoms with E-state index in [1.807, 2.05) is 12.3 Å². The van der Waals surface area contributed by atoms with Crippen molar-refractivity contribution >= 4 is 5.91 Å². The molecule has 0 N–H and O–H groups in total. The number of amides is 1. The Kier molecular flexibility index (Phi) is 5.55. The van der Waals surface area contributed by atoms with Crippen LogP contribution in [0.3, 0.4) is 0 Å². The molecular weight excluding hydrogens is 324 g/mol. The van der Waals surface area contributed by atoms with E-state index in [2.05, 4.69) is 32.7 Å². The number of hydrogen-bond acceptors (Lipinski definition) is 4. The highest BCUT2D eigenvalue weighted by molar-refractivity contribution is 5.77. The van der Waals surface area contributed by atoms with Gasteiger partial charge < -0.3 is 9.80 Å². The van der Waals surface area contributed by atoms with Gasteiger partial charge in [0.1, 0.15) is 0 Å². The van der Waals surface area contributed by atoms with Crippen LogP contribution in [0, 0.1) is 5.92 Å². The van der Waals surface area contributed by atoms with Crippen LogP contribution in [0.5, 0.6) is 0 Å². The Hall–Kier alpha value is -1.46. The van der Waals surface area contributed by atoms with E-state index in [1.165, 1.54) is 45.4 Å². The normalized spacial score (nSPS) is 27.3. The van der Waals surface area contributed by atoms with Gasteiger partial charge in [-0.05, 0) is 56.9 Å². The van der Waals surface area contributed by atoms with Crippen LogP contribution >= 0.6 is 0 Å². The Morgan fingerprint density at radius 2 is 2.08 bits per heavy atom. The molecule has 0 aromatic carbocycles. The average Bonchev–Trinajstić information content (AvgIpc) is 2.99. The molecule has 2 unspecified atom stereocenters. The zero-order valence-electron chi connectivity index (χ0n) is 16.0. The van der Waals surface area contributed by atoms with Crippen molar-refractivity contribution in [3.05, 3.63) is 30.1 Å². The van der Waals surface area contributed by atoms with Gasteiger partial charge in [0.2, 0.25) is 5.91 Å². The molecule has 26 heavy (non-hydrogen) atoms. The summed E-state index contributed by atoms with van der Waals surface area (Å²) in [6.45, 7) is 9.14. The van der Waals surface area contributed by atoms with Crippen molar-refractivity contribution in [2.24, 2.45) is 5.92 Å². The van der Waals surface area contributed by atoms with E-state index in [-0.39, 0.29) is 0 Å². The third kappa shape index (κ3) is 3.79. The molecule has 5 nitrogen and oxygen atoms in total. The number of aromatic nitrogens is 1. The highest BCUT2D eigenvalue weighted by Crippen LogP contribution is 2.36. The van der Waals surface area contributed by atoms with Gasteiger partial charge in [0.25, 0.3) is 0 Å². The predicted octanol–water partition coefficient (Wildman–Crippen LogP) is 2.03. The Balaban J connectivity index is 1.23. The molecule has 1 aromatic heterocycles. The molecule has 5 heteroatoms. The lowest BCUT2D eigenvalue weighted by atomic mass is 9.87. The van der Waals surface area contributed by atoms with Gasteiger partial charge in [-0.25, -0.2) is 0 Å². The van der Waals surface area contributed by atoms with E-state index in [0.717, 1.165) is 31.1 Å². The third-order valence-corrected chi connectivity index (χ3v) is 6.55. The molecule has 4 rings (SSSR count). The quantitative estimate of drug-likeness (QED) is 0.782. The number of fused-ring (bicyclic) bond motifs is 1. The maximum atomic E-state index is 12.6. The van der Waals surface area contributed by atoms with Gasteiger partial charge in [-0.15, -0.1) is 0 Å². The lowest BCUT2D eigenvalue weighted by molar-refractivity contribution is -0.130. The highest BCUT2D eigenvalue weighted by Gasteiger charge is 2.49. The summed E-state index contributed by atoms with van der Waals surface area (Å²) in [7, 11) is 0. The number of likely N-dealkylation sites (tertiary alicyclic amines) is 3. The fraction of sp³-hybridized carbons (Fsp3) is 0.714. The number of nitrogens with zero attached hydrogens (tertiary/aromatic N) is 4. The lowest BCUT2D eigenvalue weighted by Gasteiger charge is -2.50. The molecule has 142 valence electrons. The van der Waals surface area contributed by atoms with Gasteiger partial charge in [0, 0.05) is 56.5 Å². The van der Waals surface area contributed by atoms with Gasteiger partial charge in [0.15, 0.2) is 0 Å². The summed E-state index contributed by atoms with van der Waals surface area (Å²) >= 11 is 0. The number of carbonyl (C=O) groups excluding carboxylic acids is 1. The summed E-state index contributed by atoms with van der Waals surface area (Å²) in [5, 5.41) is 0. The SMILES string of the molecule is CCCN1CCC(N2CC3CN(C(=O)CCc4cccnc4)CC32)CC1. The van der Waals surface area contributed by atoms with Crippen LogP contribution in [0.15, 0.2) is 24.5 Å². The predicted molar refractivity (Wildman–Crippen MR) is 103 cm³/mol. The van der Waals surface area contributed by atoms with Crippen molar-refractivity contribution in [2.45, 2.75) is 51.1 Å². The van der Waals surface area contributed by atoms with Crippen molar-refractivity contribution in [3.63, 3.8) is 0 Å². The van der Waals surface area contributed by atoms with Crippen LogP contribution in [0.1, 0.15) is 38.2 Å². The average molecular weight is 357 g/mol. The van der Waals surface area contributed by atoms with Gasteiger partial charge in [-0.2, -0.15) is 0 Å². The monoisotopic (exact) mass is 356 g/mol. The maximum absolute atomic E-state index is 12.6. The molecule has 0 spiro atoms. The van der Waals surface area contributed by atoms with E-state index >= 15 is 0 Å². The van der Waals surface area contributed by atoms with Crippen molar-refractivity contribution < 1.29 is 4.79 Å². The van der Waals surface area contributed by atoms with E-state index in [0.29, 0.717) is 24.3 Å². The molecule has 3 fully saturated rings. The van der Waals surface area contributed by atoms with Gasteiger partial charge in [-0.3, -0.25) is 14.7 Å². The van der Waals surface area contributed by atoms with Gasteiger partial charge in [-0.1, -0.05) is 13.0 Å². The van der Waals surface area contributed by atoms with Crippen LogP contribution in [-0.2, 0) is 11.2 Å². The maximum Gasteiger partial charge on any atom is 0.222 e. The molecule has 0 saturated carbocycles. The Morgan fingerprint density at radius 3 is 2.81 bits per heavy atom. The lowest BCUT2D eigenvalue weighted by Crippen LogP contribution is -2.61. The summed E-state index contributed by atoms with van der Waals surface area (Å²) in [6, 6.07) is 5.37. The summed E-state index contributed by atoms with van der Waals surface area (Å²) in [5.41, 5.74) is 1.16. The molecule has 3 saturated heterocycles. The van der Waals surface area contributed by atoms with Crippen LogP contribution in [0.25, 0.3) is 0 Å². The van der Waals surface area contributed by atoms with Gasteiger partial charge in [0.05, 0.1) is 0 Å². The molecule has 1 amide bonds. The Morgan fingerprint density at radius 1 is 1.23 bits per heavy atom. The Bertz CT molecular complexity index is 599. The zero-order chi connectivity index (χ0) is 17.9. The van der Waals surface area contributed by atoms with Crippen molar-refractivity contribution in [1.29, 1.82) is 0 Å². The molecule has 3 aliphatic rings. The number of piperidine rings is 1. The van der Waals surface area contributed by atoms with Crippen LogP contribution < -0.4 is 0 Å². The number of carbonyl (C=O) groups is 1. The molecule has 1 aromatic rings. The smallest absolute Gasteiger partial charge is 0.222 e. The standard InChI is InChI=1S/C21H32N4O/c1-2-10-23-11-7-19(8-12-23)25-15-18-14-24(16-20(18)25)21(26)6-5-17-4-3-9-22-13-17/h3-4,9,13,18-20H,2,5-8,10-12,14-16H2,1H3. The first-order valence-corrected chi connectivity index (χ1v) is 10.4. The molecule has 0 aliphatic carbocycles. The minimum atomic E-state index is 0.320. The van der Waals surface area contributed by atoms with Crippen LogP contribution in [0.2, 0.25) is 0 Å². The molecular formula is C21H32N4O. The van der Waals surface area contributed by atoms with E-state index in [4.69, 9.17) is 0 Å². The number of hydrogen-bond donors (Lipinski definition) is 0. The molecule has 2 atom stereocenters. The summed E-state index contributed by atoms with van der Waals surface area (Å²) in [6.07, 6.45) is 8.93. The summed E-state index contributed by atoms with van der Waals surface area (Å²) in [5.74, 6) is 1.03. The third-order valence-electron chi connectivity index (χ3n) is 6.55. The minimum Gasteiger partial charge on any atom is -0.341 e. The second kappa shape index (κ2) is 8.05. The first-order valence-electron chi connectivity index (χ1n) is 10.4. The number of pyridine rings is 1. The largest absolute Gasteiger partial charge is 0.341 e. The van der Waals surface area contributed by atoms with E-state index < -0.39 is 0 Å². The summed E-state index contributed by atoms with van der Waals surface area (Å²) in [4.78, 5) is 24.2. The highest BCUT2D eigenvalue weighted by atomic mass is 16.2. The second-order valence-corrected chi connectivity index (χ2v) is 8.26. The topological polar surface area (TPSA) is 39.7 Å². The van der Waals surface area contributed by atoms with Crippen LogP contribution in [0.4, 0.5) is 0 Å². The van der Waals surface area contributed by atoms with E-state index in [9.17, 15) is 4.79 Å². The van der Waals surface area contributed by atoms with E-state index in [1.54, 1.807) is 6.20 Å². The molecule has 3 aliphatic heterocycles. The first-order chi connectivity index (χ1) is 12.7. The second-order valence-electron chi connectivity index (χ2n) is 8.26. The van der Waals surface area contributed by atoms with Crippen molar-refractivity contribution in [2.75, 3.05) is 39.3 Å². The first kappa shape index (κ1) is 17.9. The number of rotatable bonds is 6. The molecule has 4 heterocycles.